The summed E-state index contributed by atoms with van der Waals surface area (Å²) in [4.78, 5) is 43.1. The Morgan fingerprint density at radius 1 is 1.44 bits per heavy atom. The number of methoxy groups -OCH3 is 1. The molecule has 0 aliphatic carbocycles. The van der Waals surface area contributed by atoms with E-state index in [1.54, 1.807) is 13.8 Å². The fourth-order valence-corrected chi connectivity index (χ4v) is 2.91. The number of ketones is 1. The lowest BCUT2D eigenvalue weighted by molar-refractivity contribution is -0.148. The van der Waals surface area contributed by atoms with Crippen LogP contribution in [0.4, 0.5) is 0 Å². The summed E-state index contributed by atoms with van der Waals surface area (Å²) in [5, 5.41) is 0. The zero-order valence-electron chi connectivity index (χ0n) is 16.0. The van der Waals surface area contributed by atoms with Crippen LogP contribution >= 0.6 is 7.60 Å². The van der Waals surface area contributed by atoms with E-state index in [-0.39, 0.29) is 18.3 Å². The predicted molar refractivity (Wildman–Crippen MR) is 86.3 cm³/mol. The van der Waals surface area contributed by atoms with Gasteiger partial charge in [-0.2, -0.15) is 0 Å². The Balaban J connectivity index is 2.45. The minimum absolute atomic E-state index is 0.358. The van der Waals surface area contributed by atoms with Crippen LogP contribution in [0.5, 0.6) is 0 Å². The van der Waals surface area contributed by atoms with Crippen LogP contribution in [0.2, 0.25) is 0 Å². The molecule has 1 amide bonds. The minimum atomic E-state index is -4.98. The highest BCUT2D eigenvalue weighted by atomic mass is 31.2. The molecular weight excluding hydrogens is 353 g/mol. The number of amides is 1. The van der Waals surface area contributed by atoms with Gasteiger partial charge in [0.25, 0.3) is 0 Å². The number of allylic oxidation sites excluding steroid dienone is 1. The van der Waals surface area contributed by atoms with Crippen molar-refractivity contribution in [3.63, 3.8) is 0 Å². The molecule has 9 nitrogen and oxygen atoms in total. The minimum Gasteiger partial charge on any atom is -0.374 e. The van der Waals surface area contributed by atoms with Gasteiger partial charge < -0.3 is 24.0 Å². The summed E-state index contributed by atoms with van der Waals surface area (Å²) in [5.41, 5.74) is 0. The Hall–Kier alpha value is -1.35. The molecule has 0 radical (unpaired) electrons. The molecule has 10 heteroatoms. The molecule has 2 aliphatic rings. The third-order valence-corrected chi connectivity index (χ3v) is 3.97. The maximum absolute atomic E-state index is 12.2. The van der Waals surface area contributed by atoms with Crippen molar-refractivity contribution in [2.75, 3.05) is 7.11 Å². The number of carbonyl (C=O) groups excluding carboxylic acids is 2. The lowest BCUT2D eigenvalue weighted by atomic mass is 10.1. The second-order valence-electron chi connectivity index (χ2n) is 5.86. The van der Waals surface area contributed by atoms with Gasteiger partial charge in [0, 0.05) is 19.1 Å². The van der Waals surface area contributed by atoms with E-state index in [9.17, 15) is 23.9 Å². The number of nitrogens with zero attached hydrogens (tertiary/aromatic N) is 1. The van der Waals surface area contributed by atoms with Crippen molar-refractivity contribution in [2.24, 2.45) is 0 Å². The SMILES string of the molecule is [2H]/C(=C(/[2H])P(=O)(O)O)[C@H]1O[C@@H](N2C=CC(=O)CC2=O)[C@H](OC)[C@@H]1OC(C)C. The van der Waals surface area contributed by atoms with Crippen molar-refractivity contribution in [3.8, 4) is 0 Å². The average molecular weight is 377 g/mol. The van der Waals surface area contributed by atoms with Crippen molar-refractivity contribution in [1.29, 1.82) is 0 Å². The Kier molecular flexibility index (Phi) is 5.40. The third-order valence-electron chi connectivity index (χ3n) is 3.55. The highest BCUT2D eigenvalue weighted by molar-refractivity contribution is 7.55. The van der Waals surface area contributed by atoms with E-state index in [4.69, 9.17) is 17.0 Å². The van der Waals surface area contributed by atoms with Crippen molar-refractivity contribution in [3.05, 3.63) is 24.1 Å². The normalized spacial score (nSPS) is 32.8. The summed E-state index contributed by atoms with van der Waals surface area (Å²) in [6.07, 6.45) is -2.63. The first kappa shape index (κ1) is 17.1. The standard InChI is InChI=1S/C15H22NO8P/c1-9(2)23-13-11(5-7-25(19,20)21)24-15(14(13)22-3)16-6-4-10(17)8-12(16)18/h4-7,9,11,13-15H,8H2,1-3H3,(H2,19,20,21)/b7-5+/t11-,13-,14-,15-/m1/s1/i5D,7D. The van der Waals surface area contributed by atoms with Gasteiger partial charge in [-0.3, -0.25) is 19.1 Å². The number of hydrogen-bond acceptors (Lipinski definition) is 6. The molecule has 0 saturated carbocycles. The summed E-state index contributed by atoms with van der Waals surface area (Å²) >= 11 is 0. The number of hydrogen-bond donors (Lipinski definition) is 2. The Labute approximate surface area is 148 Å². The Morgan fingerprint density at radius 2 is 2.12 bits per heavy atom. The largest absolute Gasteiger partial charge is 0.374 e. The quantitative estimate of drug-likeness (QED) is 0.508. The number of carbonyl (C=O) groups is 2. The van der Waals surface area contributed by atoms with Gasteiger partial charge in [-0.05, 0) is 26.0 Å². The van der Waals surface area contributed by atoms with Gasteiger partial charge in [-0.15, -0.1) is 0 Å². The van der Waals surface area contributed by atoms with Crippen LogP contribution in [0.3, 0.4) is 0 Å². The third kappa shape index (κ3) is 5.07. The van der Waals surface area contributed by atoms with E-state index in [0.717, 1.165) is 4.90 Å². The summed E-state index contributed by atoms with van der Waals surface area (Å²) in [5.74, 6) is -2.11. The molecule has 0 spiro atoms. The molecule has 140 valence electrons. The molecule has 25 heavy (non-hydrogen) atoms. The van der Waals surface area contributed by atoms with Gasteiger partial charge in [0.15, 0.2) is 12.0 Å². The molecule has 4 atom stereocenters. The monoisotopic (exact) mass is 377 g/mol. The van der Waals surface area contributed by atoms with Crippen molar-refractivity contribution in [1.82, 2.24) is 4.90 Å². The average Bonchev–Trinajstić information content (AvgIpc) is 2.90. The van der Waals surface area contributed by atoms with Crippen LogP contribution in [0.1, 0.15) is 23.0 Å². The molecule has 0 unspecified atom stereocenters. The molecule has 0 aromatic rings. The lowest BCUT2D eigenvalue weighted by Gasteiger charge is -2.31. The van der Waals surface area contributed by atoms with E-state index in [0.29, 0.717) is 0 Å². The number of ether oxygens (including phenoxy) is 3. The molecule has 0 bridgehead atoms. The topological polar surface area (TPSA) is 123 Å². The smallest absolute Gasteiger partial charge is 0.348 e. The van der Waals surface area contributed by atoms with Crippen molar-refractivity contribution < 1.29 is 40.9 Å². The van der Waals surface area contributed by atoms with Gasteiger partial charge in [0.1, 0.15) is 18.3 Å². The zero-order valence-corrected chi connectivity index (χ0v) is 14.9. The summed E-state index contributed by atoms with van der Waals surface area (Å²) < 4.78 is 43.8. The van der Waals surface area contributed by atoms with E-state index in [1.165, 1.54) is 19.4 Å². The van der Waals surface area contributed by atoms with Crippen LogP contribution in [0, 0.1) is 0 Å². The van der Waals surface area contributed by atoms with Crippen LogP contribution in [0.15, 0.2) is 24.1 Å². The first-order valence-corrected chi connectivity index (χ1v) is 9.18. The van der Waals surface area contributed by atoms with Crippen LogP contribution in [0.25, 0.3) is 0 Å². The van der Waals surface area contributed by atoms with Gasteiger partial charge >= 0.3 is 7.60 Å². The highest BCUT2D eigenvalue weighted by Gasteiger charge is 2.49. The fourth-order valence-electron chi connectivity index (χ4n) is 2.61. The molecule has 1 saturated heterocycles. The van der Waals surface area contributed by atoms with E-state index >= 15 is 0 Å². The highest BCUT2D eigenvalue weighted by Crippen LogP contribution is 2.38. The fraction of sp³-hybridized carbons (Fsp3) is 0.600. The van der Waals surface area contributed by atoms with Crippen molar-refractivity contribution in [2.45, 2.75) is 50.9 Å². The lowest BCUT2D eigenvalue weighted by Crippen LogP contribution is -2.47. The molecule has 1 fully saturated rings. The molecular formula is C15H22NO8P. The molecule has 0 aromatic carbocycles. The molecule has 0 aromatic heterocycles. The van der Waals surface area contributed by atoms with Crippen molar-refractivity contribution >= 4 is 19.3 Å². The second-order valence-corrected chi connectivity index (χ2v) is 7.17. The van der Waals surface area contributed by atoms with Gasteiger partial charge in [0.2, 0.25) is 5.91 Å². The molecule has 2 N–H and O–H groups in total. The zero-order chi connectivity index (χ0) is 20.5. The Bertz CT molecular complexity index is 719. The summed E-state index contributed by atoms with van der Waals surface area (Å²) in [6, 6.07) is -0.761. The van der Waals surface area contributed by atoms with Crippen LogP contribution < -0.4 is 0 Å². The predicted octanol–water partition coefficient (Wildman–Crippen LogP) is 0.526. The van der Waals surface area contributed by atoms with Crippen LogP contribution in [-0.4, -0.2) is 64.1 Å². The van der Waals surface area contributed by atoms with E-state index in [1.807, 2.05) is 0 Å². The Morgan fingerprint density at radius 3 is 2.64 bits per heavy atom. The number of rotatable bonds is 6. The molecule has 2 aliphatic heterocycles. The maximum atomic E-state index is 12.2. The second kappa shape index (κ2) is 7.90. The van der Waals surface area contributed by atoms with Gasteiger partial charge in [-0.1, -0.05) is 0 Å². The summed E-state index contributed by atoms with van der Waals surface area (Å²) in [7, 11) is -3.65. The molecule has 2 rings (SSSR count). The van der Waals surface area contributed by atoms with Crippen LogP contribution in [-0.2, 0) is 28.4 Å². The molecule has 2 heterocycles. The summed E-state index contributed by atoms with van der Waals surface area (Å²) in [6.45, 7) is 3.42. The van der Waals surface area contributed by atoms with Gasteiger partial charge in [0.05, 0.1) is 15.3 Å². The maximum Gasteiger partial charge on any atom is 0.348 e. The first-order chi connectivity index (χ1) is 12.5. The van der Waals surface area contributed by atoms with E-state index < -0.39 is 49.9 Å². The van der Waals surface area contributed by atoms with E-state index in [2.05, 4.69) is 0 Å². The first-order valence-electron chi connectivity index (χ1n) is 8.56. The van der Waals surface area contributed by atoms with Gasteiger partial charge in [-0.25, -0.2) is 0 Å².